The number of anilines is 1. The van der Waals surface area contributed by atoms with E-state index in [1.165, 1.54) is 0 Å². The highest BCUT2D eigenvalue weighted by Crippen LogP contribution is 2.45. The lowest BCUT2D eigenvalue weighted by atomic mass is 9.83. The molecular weight excluding hydrogens is 593 g/mol. The first kappa shape index (κ1) is 33.3. The number of nitriles is 1. The maximum atomic E-state index is 9.43. The summed E-state index contributed by atoms with van der Waals surface area (Å²) in [6.45, 7) is 18.8. The number of hydrogen-bond acceptors (Lipinski definition) is 7. The number of aromatic nitrogens is 4. The third-order valence-electron chi connectivity index (χ3n) is 9.01. The molecule has 0 radical (unpaired) electrons. The average Bonchev–Trinajstić information content (AvgIpc) is 3.59. The van der Waals surface area contributed by atoms with Crippen molar-refractivity contribution < 1.29 is 9.47 Å². The third kappa shape index (κ3) is 8.38. The van der Waals surface area contributed by atoms with Gasteiger partial charge < -0.3 is 14.4 Å². The van der Waals surface area contributed by atoms with Gasteiger partial charge in [-0.15, -0.1) is 0 Å². The van der Waals surface area contributed by atoms with Gasteiger partial charge in [-0.3, -0.25) is 4.98 Å². The molecule has 0 saturated heterocycles. The number of fused-ring (bicyclic) bond motifs is 2. The highest BCUT2D eigenvalue weighted by atomic mass is 28.3. The zero-order chi connectivity index (χ0) is 32.2. The second-order valence-corrected chi connectivity index (χ2v) is 26.7. The van der Waals surface area contributed by atoms with E-state index in [0.717, 1.165) is 83.8 Å². The van der Waals surface area contributed by atoms with Crippen LogP contribution in [-0.4, -0.2) is 62.4 Å². The molecule has 4 aromatic rings. The molecule has 1 aliphatic rings. The molecule has 1 fully saturated rings. The van der Waals surface area contributed by atoms with Gasteiger partial charge in [-0.25, -0.2) is 4.98 Å². The molecule has 1 aromatic carbocycles. The van der Waals surface area contributed by atoms with Crippen LogP contribution in [0, 0.1) is 17.2 Å². The zero-order valence-corrected chi connectivity index (χ0v) is 30.3. The predicted octanol–water partition coefficient (Wildman–Crippen LogP) is 8.35. The van der Waals surface area contributed by atoms with Crippen molar-refractivity contribution in [3.05, 3.63) is 54.5 Å². The molecule has 1 aliphatic carbocycles. The summed E-state index contributed by atoms with van der Waals surface area (Å²) in [5.74, 6) is 1.31. The van der Waals surface area contributed by atoms with E-state index in [9.17, 15) is 5.26 Å². The van der Waals surface area contributed by atoms with Crippen LogP contribution in [0.3, 0.4) is 0 Å². The van der Waals surface area contributed by atoms with Crippen molar-refractivity contribution >= 4 is 38.5 Å². The molecule has 240 valence electrons. The standard InChI is InChI=1S/C35H50N6O2Si2/c1-35(14-12-27(22-35)13-15-36)32-21-33(40(25-42-16-18-44(2,3)4)26-43-17-19-45(5,6)7)41-34(39-32)30(24-38-41)29-20-28-10-8-9-11-31(28)37-23-29/h8-11,20-21,23-24,27H,12-14,16-19,22,25-26H2,1-7H3. The number of para-hydroxylation sites is 1. The van der Waals surface area contributed by atoms with Gasteiger partial charge in [0.05, 0.1) is 23.5 Å². The highest BCUT2D eigenvalue weighted by Gasteiger charge is 2.38. The quantitative estimate of drug-likeness (QED) is 0.0776. The molecule has 2 unspecified atom stereocenters. The van der Waals surface area contributed by atoms with E-state index < -0.39 is 16.1 Å². The molecule has 45 heavy (non-hydrogen) atoms. The summed E-state index contributed by atoms with van der Waals surface area (Å²) in [5, 5.41) is 15.4. The van der Waals surface area contributed by atoms with Gasteiger partial charge in [-0.05, 0) is 49.4 Å². The third-order valence-corrected chi connectivity index (χ3v) is 12.4. The summed E-state index contributed by atoms with van der Waals surface area (Å²) in [7, 11) is -2.47. The monoisotopic (exact) mass is 642 g/mol. The second kappa shape index (κ2) is 13.7. The molecule has 8 nitrogen and oxygen atoms in total. The lowest BCUT2D eigenvalue weighted by molar-refractivity contribution is 0.0942. The predicted molar refractivity (Wildman–Crippen MR) is 189 cm³/mol. The molecule has 0 bridgehead atoms. The van der Waals surface area contributed by atoms with Crippen molar-refractivity contribution in [1.82, 2.24) is 19.6 Å². The lowest BCUT2D eigenvalue weighted by Crippen LogP contribution is -2.34. The first-order chi connectivity index (χ1) is 21.4. The molecule has 2 atom stereocenters. The normalized spacial score (nSPS) is 18.9. The van der Waals surface area contributed by atoms with Crippen molar-refractivity contribution in [3.8, 4) is 17.2 Å². The molecule has 1 saturated carbocycles. The number of pyridine rings is 1. The minimum absolute atomic E-state index is 0.135. The highest BCUT2D eigenvalue weighted by molar-refractivity contribution is 6.76. The van der Waals surface area contributed by atoms with E-state index in [0.29, 0.717) is 25.8 Å². The van der Waals surface area contributed by atoms with Crippen LogP contribution in [-0.2, 0) is 14.9 Å². The van der Waals surface area contributed by atoms with Crippen molar-refractivity contribution in [2.45, 2.75) is 89.4 Å². The van der Waals surface area contributed by atoms with E-state index in [-0.39, 0.29) is 5.41 Å². The van der Waals surface area contributed by atoms with E-state index in [2.05, 4.69) is 75.4 Å². The smallest absolute Gasteiger partial charge is 0.165 e. The van der Waals surface area contributed by atoms with Crippen LogP contribution in [0.2, 0.25) is 51.4 Å². The number of rotatable bonds is 14. The van der Waals surface area contributed by atoms with Crippen LogP contribution < -0.4 is 4.90 Å². The summed E-state index contributed by atoms with van der Waals surface area (Å²) >= 11 is 0. The first-order valence-electron chi connectivity index (χ1n) is 16.4. The van der Waals surface area contributed by atoms with Gasteiger partial charge in [0.25, 0.3) is 0 Å². The van der Waals surface area contributed by atoms with Crippen molar-refractivity contribution in [3.63, 3.8) is 0 Å². The minimum atomic E-state index is -1.24. The summed E-state index contributed by atoms with van der Waals surface area (Å²) in [5.41, 5.74) is 4.61. The van der Waals surface area contributed by atoms with Crippen molar-refractivity contribution in [1.29, 1.82) is 5.26 Å². The fourth-order valence-electron chi connectivity index (χ4n) is 6.08. The molecule has 0 spiro atoms. The van der Waals surface area contributed by atoms with Crippen LogP contribution in [0.25, 0.3) is 27.7 Å². The molecule has 3 aromatic heterocycles. The fraction of sp³-hybridized carbons (Fsp3) is 0.543. The number of ether oxygens (including phenoxy) is 2. The Balaban J connectivity index is 1.57. The van der Waals surface area contributed by atoms with E-state index >= 15 is 0 Å². The Morgan fingerprint density at radius 1 is 1.00 bits per heavy atom. The Hall–Kier alpha value is -3.11. The van der Waals surface area contributed by atoms with Gasteiger partial charge in [0.1, 0.15) is 19.3 Å². The van der Waals surface area contributed by atoms with Gasteiger partial charge in [0, 0.05) is 70.0 Å². The van der Waals surface area contributed by atoms with Crippen LogP contribution in [0.5, 0.6) is 0 Å². The molecule has 0 amide bonds. The summed E-state index contributed by atoms with van der Waals surface area (Å²) < 4.78 is 14.6. The number of hydrogen-bond donors (Lipinski definition) is 0. The second-order valence-electron chi connectivity index (χ2n) is 15.5. The van der Waals surface area contributed by atoms with Crippen LogP contribution in [0.1, 0.15) is 38.3 Å². The number of nitrogens with zero attached hydrogens (tertiary/aromatic N) is 6. The summed E-state index contributed by atoms with van der Waals surface area (Å²) in [6.07, 6.45) is 7.41. The van der Waals surface area contributed by atoms with Crippen molar-refractivity contribution in [2.75, 3.05) is 31.6 Å². The molecule has 0 N–H and O–H groups in total. The molecule has 5 rings (SSSR count). The maximum absolute atomic E-state index is 9.43. The first-order valence-corrected chi connectivity index (χ1v) is 23.8. The largest absolute Gasteiger partial charge is 0.361 e. The van der Waals surface area contributed by atoms with Gasteiger partial charge in [0.2, 0.25) is 0 Å². The Morgan fingerprint density at radius 3 is 2.36 bits per heavy atom. The van der Waals surface area contributed by atoms with Crippen LogP contribution in [0.4, 0.5) is 5.82 Å². The van der Waals surface area contributed by atoms with Crippen molar-refractivity contribution in [2.24, 2.45) is 5.92 Å². The molecular formula is C35H50N6O2Si2. The molecule has 3 heterocycles. The van der Waals surface area contributed by atoms with E-state index in [1.807, 2.05) is 35.1 Å². The summed E-state index contributed by atoms with van der Waals surface area (Å²) in [6, 6.07) is 17.2. The summed E-state index contributed by atoms with van der Waals surface area (Å²) in [4.78, 5) is 12.3. The number of benzene rings is 1. The molecule has 0 aliphatic heterocycles. The van der Waals surface area contributed by atoms with Gasteiger partial charge in [-0.1, -0.05) is 64.4 Å². The van der Waals surface area contributed by atoms with Crippen LogP contribution >= 0.6 is 0 Å². The van der Waals surface area contributed by atoms with E-state index in [4.69, 9.17) is 24.5 Å². The maximum Gasteiger partial charge on any atom is 0.165 e. The van der Waals surface area contributed by atoms with E-state index in [1.54, 1.807) is 0 Å². The van der Waals surface area contributed by atoms with Crippen LogP contribution in [0.15, 0.2) is 48.8 Å². The van der Waals surface area contributed by atoms with Gasteiger partial charge in [-0.2, -0.15) is 14.9 Å². The Kier molecular flexibility index (Phi) is 10.1. The lowest BCUT2D eigenvalue weighted by Gasteiger charge is -2.29. The van der Waals surface area contributed by atoms with Gasteiger partial charge in [0.15, 0.2) is 5.65 Å². The SMILES string of the molecule is CC1(c2cc(N(COCC[Si](C)(C)C)COCC[Si](C)(C)C)n3ncc(-c4cnc5ccccc5c4)c3n2)CCC(CC#N)C1. The van der Waals surface area contributed by atoms with Gasteiger partial charge >= 0.3 is 0 Å². The molecule has 10 heteroatoms. The fourth-order valence-corrected chi connectivity index (χ4v) is 7.59. The topological polar surface area (TPSA) is 88.6 Å². The zero-order valence-electron chi connectivity index (χ0n) is 28.3. The average molecular weight is 643 g/mol. The Morgan fingerprint density at radius 2 is 1.69 bits per heavy atom. The minimum Gasteiger partial charge on any atom is -0.361 e. The Labute approximate surface area is 270 Å². The Bertz CT molecular complexity index is 1630.